The van der Waals surface area contributed by atoms with Gasteiger partial charge in [-0.15, -0.1) is 0 Å². The fourth-order valence-corrected chi connectivity index (χ4v) is 0. The van der Waals surface area contributed by atoms with Crippen LogP contribution in [0.4, 0.5) is 26.3 Å². The van der Waals surface area contributed by atoms with Crippen LogP contribution in [0.15, 0.2) is 0 Å². The Morgan fingerprint density at radius 1 is 0.733 bits per heavy atom. The number of carbonyl (C=O) groups is 2. The summed E-state index contributed by atoms with van der Waals surface area (Å²) in [6.07, 6.45) is -10.2. The monoisotopic (exact) mass is 433 g/mol. The second-order valence-electron chi connectivity index (χ2n) is 1.61. The van der Waals surface area contributed by atoms with Crippen molar-refractivity contribution in [2.24, 2.45) is 0 Å². The Labute approximate surface area is 98.0 Å². The van der Waals surface area contributed by atoms with Crippen molar-refractivity contribution in [3.05, 3.63) is 0 Å². The van der Waals surface area contributed by atoms with Crippen molar-refractivity contribution in [3.8, 4) is 0 Å². The van der Waals surface area contributed by atoms with Gasteiger partial charge < -0.3 is 10.2 Å². The Morgan fingerprint density at radius 3 is 0.800 bits per heavy atom. The summed E-state index contributed by atoms with van der Waals surface area (Å²) in [5.74, 6) is -5.51. The Kier molecular flexibility index (Phi) is 9.09. The molecule has 0 rings (SSSR count). The van der Waals surface area contributed by atoms with E-state index in [2.05, 4.69) is 0 Å². The van der Waals surface area contributed by atoms with Gasteiger partial charge in [0.1, 0.15) is 0 Å². The zero-order valence-electron chi connectivity index (χ0n) is 6.56. The molecule has 0 saturated carbocycles. The van der Waals surface area contributed by atoms with E-state index in [1.54, 1.807) is 0 Å². The number of aliphatic carboxylic acids is 2. The number of halogens is 6. The average molecular weight is 432 g/mol. The molecule has 0 fully saturated rings. The average Bonchev–Trinajstić information content (AvgIpc) is 1.83. The van der Waals surface area contributed by atoms with Crippen molar-refractivity contribution in [2.45, 2.75) is 12.4 Å². The molecule has 0 atom stereocenters. The van der Waals surface area contributed by atoms with E-state index in [0.717, 1.165) is 0 Å². The van der Waals surface area contributed by atoms with Gasteiger partial charge in [0.15, 0.2) is 0 Å². The van der Waals surface area contributed by atoms with Gasteiger partial charge in [0.05, 0.1) is 0 Å². The molecule has 1 radical (unpaired) electrons. The van der Waals surface area contributed by atoms with E-state index < -0.39 is 24.3 Å². The number of carboxylic acid groups (broad SMARTS) is 2. The van der Waals surface area contributed by atoms with Crippen LogP contribution in [0.3, 0.4) is 0 Å². The molecule has 0 aromatic heterocycles. The van der Waals surface area contributed by atoms with Gasteiger partial charge in [-0.2, -0.15) is 26.3 Å². The van der Waals surface area contributed by atoms with E-state index >= 15 is 0 Å². The molecule has 0 aromatic carbocycles. The number of hydrogen-bond acceptors (Lipinski definition) is 2. The molecule has 0 unspecified atom stereocenters. The predicted molar refractivity (Wildman–Crippen MR) is 33.1 cm³/mol. The number of hydrogen-bond donors (Lipinski definition) is 2. The fourth-order valence-electron chi connectivity index (χ4n) is 0. The second-order valence-corrected chi connectivity index (χ2v) is 1.61. The third-order valence-corrected chi connectivity index (χ3v) is 0.485. The first-order valence-electron chi connectivity index (χ1n) is 2.49. The first-order valence-corrected chi connectivity index (χ1v) is 2.49. The summed E-state index contributed by atoms with van der Waals surface area (Å²) in [4.78, 5) is 17.8. The zero-order valence-corrected chi connectivity index (χ0v) is 11.0. The smallest absolute Gasteiger partial charge is 0.475 e. The Balaban J connectivity index is -0.000000180. The predicted octanol–water partition coefficient (Wildman–Crippen LogP) is 0.886. The molecule has 0 aliphatic carbocycles. The van der Waals surface area contributed by atoms with Crippen LogP contribution >= 0.6 is 0 Å². The van der Waals surface area contributed by atoms with Gasteiger partial charge >= 0.3 is 24.3 Å². The molecule has 87 valence electrons. The number of rotatable bonds is 0. The summed E-state index contributed by atoms with van der Waals surface area (Å²) in [5, 5.41) is 14.2. The van der Waals surface area contributed by atoms with Gasteiger partial charge in [-0.25, -0.2) is 9.59 Å². The van der Waals surface area contributed by atoms with E-state index in [4.69, 9.17) is 19.8 Å². The van der Waals surface area contributed by atoms with Crippen LogP contribution in [0.2, 0.25) is 0 Å². The van der Waals surface area contributed by atoms with Gasteiger partial charge in [0.2, 0.25) is 0 Å². The summed E-state index contributed by atoms with van der Waals surface area (Å²) in [7, 11) is 0. The molecule has 4 nitrogen and oxygen atoms in total. The molecule has 0 saturated heterocycles. The second kappa shape index (κ2) is 6.84. The molecule has 0 aliphatic rings. The van der Waals surface area contributed by atoms with Crippen molar-refractivity contribution in [1.82, 2.24) is 0 Å². The van der Waals surface area contributed by atoms with E-state index in [0.29, 0.717) is 0 Å². The van der Waals surface area contributed by atoms with Gasteiger partial charge in [0, 0.05) is 27.3 Å². The fraction of sp³-hybridized carbons (Fsp3) is 0.500. The van der Waals surface area contributed by atoms with Crippen LogP contribution in [0.1, 0.15) is 0 Å². The Hall–Kier alpha value is -0.558. The van der Waals surface area contributed by atoms with Crippen molar-refractivity contribution in [2.75, 3.05) is 0 Å². The van der Waals surface area contributed by atoms with Gasteiger partial charge in [0.25, 0.3) is 0 Å². The standard InChI is InChI=1S/2C2HF3O2.Tl/c2*3-2(4,5)1(6)7;/h2*(H,6,7);. The quantitative estimate of drug-likeness (QED) is 0.441. The van der Waals surface area contributed by atoms with Gasteiger partial charge in [-0.05, 0) is 0 Å². The zero-order chi connectivity index (χ0) is 12.2. The molecule has 0 spiro atoms. The first kappa shape index (κ1) is 19.9. The van der Waals surface area contributed by atoms with Crippen LogP contribution in [0.5, 0.6) is 0 Å². The third-order valence-electron chi connectivity index (χ3n) is 0.485. The molecule has 0 aliphatic heterocycles. The maximum absolute atomic E-state index is 10.6. The summed E-state index contributed by atoms with van der Waals surface area (Å²) >= 11 is 0. The first-order chi connectivity index (χ1) is 5.89. The third kappa shape index (κ3) is 13.4. The molecule has 0 amide bonds. The molecule has 0 aromatic rings. The molecular weight excluding hydrogens is 430 g/mol. The Bertz CT molecular complexity index is 196. The van der Waals surface area contributed by atoms with E-state index in [1.807, 2.05) is 0 Å². The summed E-state index contributed by atoms with van der Waals surface area (Å²) in [6.45, 7) is 0. The van der Waals surface area contributed by atoms with Gasteiger partial charge in [-0.3, -0.25) is 0 Å². The van der Waals surface area contributed by atoms with Gasteiger partial charge in [-0.1, -0.05) is 0 Å². The Morgan fingerprint density at radius 2 is 0.800 bits per heavy atom. The summed E-state index contributed by atoms with van der Waals surface area (Å²) < 4.78 is 63.5. The minimum Gasteiger partial charge on any atom is -0.475 e. The molecule has 0 bridgehead atoms. The topological polar surface area (TPSA) is 74.6 Å². The molecule has 11 heteroatoms. The van der Waals surface area contributed by atoms with Crippen LogP contribution < -0.4 is 0 Å². The molecule has 0 heterocycles. The molecular formula is C4H2F6O4Tl. The largest absolute Gasteiger partial charge is 0.490 e. The minimum atomic E-state index is -5.08. The van der Waals surface area contributed by atoms with E-state index in [-0.39, 0.29) is 27.3 Å². The number of alkyl halides is 6. The van der Waals surface area contributed by atoms with Crippen molar-refractivity contribution >= 4 is 39.2 Å². The number of carboxylic acids is 2. The van der Waals surface area contributed by atoms with E-state index in [9.17, 15) is 26.3 Å². The van der Waals surface area contributed by atoms with Crippen molar-refractivity contribution in [3.63, 3.8) is 0 Å². The molecule has 15 heavy (non-hydrogen) atoms. The van der Waals surface area contributed by atoms with Crippen molar-refractivity contribution < 1.29 is 46.1 Å². The van der Waals surface area contributed by atoms with Crippen molar-refractivity contribution in [1.29, 1.82) is 0 Å². The van der Waals surface area contributed by atoms with Crippen LogP contribution in [0, 0.1) is 0 Å². The maximum atomic E-state index is 10.6. The van der Waals surface area contributed by atoms with E-state index in [1.165, 1.54) is 0 Å². The molecule has 2 N–H and O–H groups in total. The minimum absolute atomic E-state index is 0. The van der Waals surface area contributed by atoms with Crippen LogP contribution in [0.25, 0.3) is 0 Å². The summed E-state index contributed by atoms with van der Waals surface area (Å²) in [6, 6.07) is 0. The normalized spacial score (nSPS) is 10.5. The summed E-state index contributed by atoms with van der Waals surface area (Å²) in [5.41, 5.74) is 0. The van der Waals surface area contributed by atoms with Crippen LogP contribution in [-0.4, -0.2) is 61.8 Å². The van der Waals surface area contributed by atoms with Crippen LogP contribution in [-0.2, 0) is 9.59 Å². The maximum Gasteiger partial charge on any atom is 0.490 e. The SMILES string of the molecule is O=C(O)C(F)(F)F.O=C(O)C(F)(F)F.[Tl].